The Balaban J connectivity index is 1.39. The second-order valence-corrected chi connectivity index (χ2v) is 9.97. The highest BCUT2D eigenvalue weighted by atomic mass is 35.5. The molecule has 0 bridgehead atoms. The number of piperidine rings is 1. The molecule has 4 rings (SSSR count). The molecule has 34 heavy (non-hydrogen) atoms. The van der Waals surface area contributed by atoms with Crippen LogP contribution in [-0.2, 0) is 14.8 Å². The van der Waals surface area contributed by atoms with Crippen molar-refractivity contribution in [2.24, 2.45) is 5.92 Å². The number of ether oxygens (including phenoxy) is 2. The molecule has 1 aromatic heterocycles. The largest absolute Gasteiger partial charge is 0.497 e. The van der Waals surface area contributed by atoms with Crippen LogP contribution in [0.2, 0.25) is 5.02 Å². The van der Waals surface area contributed by atoms with Gasteiger partial charge in [0.15, 0.2) is 0 Å². The minimum absolute atomic E-state index is 0.0545. The van der Waals surface area contributed by atoms with E-state index in [1.54, 1.807) is 18.2 Å². The van der Waals surface area contributed by atoms with E-state index in [-0.39, 0.29) is 35.8 Å². The van der Waals surface area contributed by atoms with Crippen LogP contribution in [0.5, 0.6) is 11.5 Å². The van der Waals surface area contributed by atoms with Gasteiger partial charge in [0.05, 0.1) is 24.7 Å². The highest BCUT2D eigenvalue weighted by Crippen LogP contribution is 2.33. The standard InChI is InChI=1S/C22H23ClN4O6S/c1-31-16-5-8-19(32-2)18(13-16)21-25-26-22(33-21)24-20(28)14-9-11-27(12-10-14)34(29,30)17-6-3-15(23)4-7-17/h3-8,13-14H,9-12H2,1-2H3,(H,24,26,28). The second-order valence-electron chi connectivity index (χ2n) is 7.60. The Morgan fingerprint density at radius 3 is 2.44 bits per heavy atom. The molecule has 0 unspecified atom stereocenters. The lowest BCUT2D eigenvalue weighted by atomic mass is 9.97. The number of anilines is 1. The second kappa shape index (κ2) is 10.00. The molecule has 3 aromatic rings. The number of benzene rings is 2. The molecule has 0 aliphatic carbocycles. The molecule has 180 valence electrons. The summed E-state index contributed by atoms with van der Waals surface area (Å²) in [6, 6.07) is 11.1. The molecule has 1 fully saturated rings. The van der Waals surface area contributed by atoms with E-state index in [4.69, 9.17) is 25.5 Å². The lowest BCUT2D eigenvalue weighted by Crippen LogP contribution is -2.41. The molecular weight excluding hydrogens is 484 g/mol. The molecular formula is C22H23ClN4O6S. The van der Waals surface area contributed by atoms with Crippen molar-refractivity contribution in [2.75, 3.05) is 32.6 Å². The number of rotatable bonds is 7. The fourth-order valence-electron chi connectivity index (χ4n) is 3.69. The number of aromatic nitrogens is 2. The van der Waals surface area contributed by atoms with Crippen molar-refractivity contribution in [2.45, 2.75) is 17.7 Å². The summed E-state index contributed by atoms with van der Waals surface area (Å²) in [6.07, 6.45) is 0.729. The van der Waals surface area contributed by atoms with Gasteiger partial charge >= 0.3 is 6.01 Å². The molecule has 2 heterocycles. The first-order chi connectivity index (χ1) is 16.3. The minimum Gasteiger partial charge on any atom is -0.497 e. The fraction of sp³-hybridized carbons (Fsp3) is 0.318. The van der Waals surface area contributed by atoms with E-state index in [1.165, 1.54) is 42.8 Å². The lowest BCUT2D eigenvalue weighted by molar-refractivity contribution is -0.121. The molecule has 1 aliphatic heterocycles. The highest BCUT2D eigenvalue weighted by molar-refractivity contribution is 7.89. The van der Waals surface area contributed by atoms with E-state index in [9.17, 15) is 13.2 Å². The molecule has 1 N–H and O–H groups in total. The number of carbonyl (C=O) groups is 1. The van der Waals surface area contributed by atoms with Gasteiger partial charge < -0.3 is 13.9 Å². The first kappa shape index (κ1) is 24.0. The van der Waals surface area contributed by atoms with Gasteiger partial charge in [0.1, 0.15) is 11.5 Å². The molecule has 1 saturated heterocycles. The summed E-state index contributed by atoms with van der Waals surface area (Å²) < 4.78 is 43.2. The number of sulfonamides is 1. The maximum Gasteiger partial charge on any atom is 0.322 e. The van der Waals surface area contributed by atoms with Gasteiger partial charge in [-0.2, -0.15) is 4.31 Å². The number of methoxy groups -OCH3 is 2. The summed E-state index contributed by atoms with van der Waals surface area (Å²) in [6.45, 7) is 0.443. The number of amides is 1. The Labute approximate surface area is 201 Å². The van der Waals surface area contributed by atoms with Crippen molar-refractivity contribution in [1.82, 2.24) is 14.5 Å². The highest BCUT2D eigenvalue weighted by Gasteiger charge is 2.32. The zero-order valence-electron chi connectivity index (χ0n) is 18.5. The molecule has 2 aromatic carbocycles. The summed E-state index contributed by atoms with van der Waals surface area (Å²) in [5.74, 6) is 0.557. The number of hydrogen-bond donors (Lipinski definition) is 1. The van der Waals surface area contributed by atoms with Crippen molar-refractivity contribution >= 4 is 33.5 Å². The van der Waals surface area contributed by atoms with E-state index in [0.717, 1.165) is 0 Å². The zero-order valence-corrected chi connectivity index (χ0v) is 20.1. The van der Waals surface area contributed by atoms with Crippen LogP contribution < -0.4 is 14.8 Å². The van der Waals surface area contributed by atoms with Crippen LogP contribution >= 0.6 is 11.6 Å². The summed E-state index contributed by atoms with van der Waals surface area (Å²) in [5, 5.41) is 11.0. The van der Waals surface area contributed by atoms with Crippen LogP contribution in [0.15, 0.2) is 51.8 Å². The third kappa shape index (κ3) is 5.01. The molecule has 10 nitrogen and oxygen atoms in total. The molecule has 0 atom stereocenters. The molecule has 0 radical (unpaired) electrons. The maximum absolute atomic E-state index is 12.8. The van der Waals surface area contributed by atoms with Gasteiger partial charge in [-0.05, 0) is 55.3 Å². The van der Waals surface area contributed by atoms with Gasteiger partial charge in [-0.3, -0.25) is 10.1 Å². The Bertz CT molecular complexity index is 1270. The predicted octanol–water partition coefficient (Wildman–Crippen LogP) is 3.45. The van der Waals surface area contributed by atoms with Gasteiger partial charge in [-0.1, -0.05) is 16.7 Å². The minimum atomic E-state index is -3.65. The van der Waals surface area contributed by atoms with Crippen LogP contribution in [0.3, 0.4) is 0 Å². The number of halogens is 1. The lowest BCUT2D eigenvalue weighted by Gasteiger charge is -2.30. The van der Waals surface area contributed by atoms with Gasteiger partial charge in [0, 0.05) is 24.0 Å². The van der Waals surface area contributed by atoms with E-state index < -0.39 is 15.9 Å². The summed E-state index contributed by atoms with van der Waals surface area (Å²) in [5.41, 5.74) is 0.524. The fourth-order valence-corrected chi connectivity index (χ4v) is 5.28. The van der Waals surface area contributed by atoms with Gasteiger partial charge in [0.25, 0.3) is 5.89 Å². The Hall–Kier alpha value is -3.15. The van der Waals surface area contributed by atoms with Crippen molar-refractivity contribution in [3.63, 3.8) is 0 Å². The van der Waals surface area contributed by atoms with Crippen LogP contribution in [0.1, 0.15) is 12.8 Å². The molecule has 0 saturated carbocycles. The number of nitrogens with zero attached hydrogens (tertiary/aromatic N) is 3. The predicted molar refractivity (Wildman–Crippen MR) is 124 cm³/mol. The number of hydrogen-bond acceptors (Lipinski definition) is 8. The summed E-state index contributed by atoms with van der Waals surface area (Å²) in [7, 11) is -0.590. The van der Waals surface area contributed by atoms with Crippen molar-refractivity contribution in [3.05, 3.63) is 47.5 Å². The molecule has 1 aliphatic rings. The Morgan fingerprint density at radius 2 is 1.79 bits per heavy atom. The van der Waals surface area contributed by atoms with Crippen LogP contribution in [0, 0.1) is 5.92 Å². The summed E-state index contributed by atoms with van der Waals surface area (Å²) in [4.78, 5) is 12.9. The van der Waals surface area contributed by atoms with Crippen molar-refractivity contribution < 1.29 is 27.1 Å². The van der Waals surface area contributed by atoms with Crippen LogP contribution in [0.25, 0.3) is 11.5 Å². The summed E-state index contributed by atoms with van der Waals surface area (Å²) >= 11 is 5.85. The van der Waals surface area contributed by atoms with Crippen molar-refractivity contribution in [1.29, 1.82) is 0 Å². The average molecular weight is 507 g/mol. The van der Waals surface area contributed by atoms with E-state index >= 15 is 0 Å². The van der Waals surface area contributed by atoms with Gasteiger partial charge in [0.2, 0.25) is 15.9 Å². The Kier molecular flexibility index (Phi) is 7.05. The SMILES string of the molecule is COc1ccc(OC)c(-c2nnc(NC(=O)C3CCN(S(=O)(=O)c4ccc(Cl)cc4)CC3)o2)c1. The monoisotopic (exact) mass is 506 g/mol. The van der Waals surface area contributed by atoms with Crippen molar-refractivity contribution in [3.8, 4) is 23.0 Å². The van der Waals surface area contributed by atoms with E-state index in [0.29, 0.717) is 34.9 Å². The van der Waals surface area contributed by atoms with E-state index in [2.05, 4.69) is 15.5 Å². The third-order valence-corrected chi connectivity index (χ3v) is 7.73. The number of nitrogens with one attached hydrogen (secondary N) is 1. The number of carbonyl (C=O) groups excluding carboxylic acids is 1. The van der Waals surface area contributed by atoms with Crippen LogP contribution in [-0.4, -0.2) is 56.1 Å². The first-order valence-corrected chi connectivity index (χ1v) is 12.3. The van der Waals surface area contributed by atoms with E-state index in [1.807, 2.05) is 0 Å². The first-order valence-electron chi connectivity index (χ1n) is 10.4. The third-order valence-electron chi connectivity index (χ3n) is 5.57. The Morgan fingerprint density at radius 1 is 1.09 bits per heavy atom. The maximum atomic E-state index is 12.8. The smallest absolute Gasteiger partial charge is 0.322 e. The topological polar surface area (TPSA) is 124 Å². The normalized spacial score (nSPS) is 15.1. The van der Waals surface area contributed by atoms with Crippen LogP contribution in [0.4, 0.5) is 6.01 Å². The average Bonchev–Trinajstić information content (AvgIpc) is 3.32. The van der Waals surface area contributed by atoms with Gasteiger partial charge in [-0.25, -0.2) is 8.42 Å². The molecule has 1 amide bonds. The zero-order chi connectivity index (χ0) is 24.3. The molecule has 0 spiro atoms. The molecule has 12 heteroatoms. The quantitative estimate of drug-likeness (QED) is 0.516. The van der Waals surface area contributed by atoms with Gasteiger partial charge in [-0.15, -0.1) is 5.10 Å².